The summed E-state index contributed by atoms with van der Waals surface area (Å²) >= 11 is 1.75. The topological polar surface area (TPSA) is 24.9 Å². The number of nitrogens with zero attached hydrogens (tertiary/aromatic N) is 1. The molecule has 0 amide bonds. The first kappa shape index (κ1) is 25.2. The zero-order chi connectivity index (χ0) is 21.0. The molecular weight excluding hydrogens is 360 g/mol. The third-order valence-electron chi connectivity index (χ3n) is 3.41. The van der Waals surface area contributed by atoms with Crippen molar-refractivity contribution >= 4 is 28.7 Å². The van der Waals surface area contributed by atoms with E-state index in [9.17, 15) is 0 Å². The van der Waals surface area contributed by atoms with Gasteiger partial charge in [0.2, 0.25) is 0 Å². The average molecular weight is 393 g/mol. The fourth-order valence-electron chi connectivity index (χ4n) is 1.85. The molecule has 0 unspecified atom stereocenters. The maximum absolute atomic E-state index is 4.18. The molecule has 0 saturated carbocycles. The van der Waals surface area contributed by atoms with E-state index in [0.29, 0.717) is 0 Å². The number of hydrogen-bond donors (Lipinski definition) is 1. The van der Waals surface area contributed by atoms with Crippen molar-refractivity contribution in [2.45, 2.75) is 18.7 Å². The molecule has 3 heteroatoms. The van der Waals surface area contributed by atoms with Gasteiger partial charge in [-0.05, 0) is 50.1 Å². The summed E-state index contributed by atoms with van der Waals surface area (Å²) in [6.07, 6.45) is 11.4. The molecular formula is C25H32N2S. The second-order valence-electron chi connectivity index (χ2n) is 5.30. The van der Waals surface area contributed by atoms with Crippen molar-refractivity contribution in [2.24, 2.45) is 0 Å². The van der Waals surface area contributed by atoms with Crippen LogP contribution < -0.4 is 5.32 Å². The van der Waals surface area contributed by atoms with Gasteiger partial charge in [0.1, 0.15) is 0 Å². The highest BCUT2D eigenvalue weighted by Gasteiger charge is 1.92. The lowest BCUT2D eigenvalue weighted by Crippen LogP contribution is -1.87. The number of aromatic nitrogens is 1. The van der Waals surface area contributed by atoms with E-state index in [1.54, 1.807) is 18.0 Å². The van der Waals surface area contributed by atoms with E-state index < -0.39 is 0 Å². The molecule has 0 atom stereocenters. The average Bonchev–Trinajstić information content (AvgIpc) is 2.79. The lowest BCUT2D eigenvalue weighted by Gasteiger charge is -1.99. The van der Waals surface area contributed by atoms with Gasteiger partial charge in [-0.1, -0.05) is 73.9 Å². The molecule has 0 aliphatic heterocycles. The van der Waals surface area contributed by atoms with E-state index in [1.165, 1.54) is 15.8 Å². The summed E-state index contributed by atoms with van der Waals surface area (Å²) in [5.41, 5.74) is 2.28. The zero-order valence-corrected chi connectivity index (χ0v) is 18.2. The quantitative estimate of drug-likeness (QED) is 0.376. The maximum Gasteiger partial charge on any atom is 0.0701 e. The predicted octanol–water partition coefficient (Wildman–Crippen LogP) is 7.22. The summed E-state index contributed by atoms with van der Waals surface area (Å²) < 4.78 is 0. The molecule has 0 fully saturated rings. The van der Waals surface area contributed by atoms with E-state index in [-0.39, 0.29) is 0 Å². The first-order valence-corrected chi connectivity index (χ1v) is 10.3. The van der Waals surface area contributed by atoms with E-state index in [2.05, 4.69) is 54.0 Å². The zero-order valence-electron chi connectivity index (χ0n) is 17.4. The third-order valence-corrected chi connectivity index (χ3v) is 4.22. The molecule has 1 aromatic heterocycles. The van der Waals surface area contributed by atoms with E-state index in [1.807, 2.05) is 81.7 Å². The van der Waals surface area contributed by atoms with Gasteiger partial charge in [-0.3, -0.25) is 4.98 Å². The summed E-state index contributed by atoms with van der Waals surface area (Å²) in [6, 6.07) is 20.3. The number of thioether (sulfide) groups is 1. The Hall–Kier alpha value is -2.78. The van der Waals surface area contributed by atoms with Crippen LogP contribution in [0.1, 0.15) is 19.4 Å². The van der Waals surface area contributed by atoms with Gasteiger partial charge < -0.3 is 5.32 Å². The fraction of sp³-hybridized carbons (Fsp3) is 0.160. The lowest BCUT2D eigenvalue weighted by molar-refractivity contribution is 1.11. The van der Waals surface area contributed by atoms with Crippen molar-refractivity contribution in [3.05, 3.63) is 104 Å². The number of para-hydroxylation sites is 1. The van der Waals surface area contributed by atoms with E-state index in [4.69, 9.17) is 0 Å². The Bertz CT molecular complexity index is 756. The maximum atomic E-state index is 4.18. The van der Waals surface area contributed by atoms with Gasteiger partial charge in [0.05, 0.1) is 5.52 Å². The van der Waals surface area contributed by atoms with Crippen LogP contribution in [0.15, 0.2) is 103 Å². The van der Waals surface area contributed by atoms with E-state index >= 15 is 0 Å². The van der Waals surface area contributed by atoms with Gasteiger partial charge >= 0.3 is 0 Å². The smallest absolute Gasteiger partial charge is 0.0701 e. The van der Waals surface area contributed by atoms with E-state index in [0.717, 1.165) is 5.52 Å². The Morgan fingerprint density at radius 1 is 0.893 bits per heavy atom. The molecule has 28 heavy (non-hydrogen) atoms. The first-order chi connectivity index (χ1) is 13.7. The molecule has 148 valence electrons. The minimum atomic E-state index is 1.06. The van der Waals surface area contributed by atoms with Crippen LogP contribution in [0.3, 0.4) is 0 Å². The molecule has 0 bridgehead atoms. The molecule has 2 aromatic carbocycles. The molecule has 1 heterocycles. The van der Waals surface area contributed by atoms with Gasteiger partial charge in [-0.15, -0.1) is 11.8 Å². The standard InChI is InChI=1S/C9H7N.C9H10S.C4H8.C3H7N/c1-2-6-9-8(4-1)5-3-7-10-9;1-3-8-6-4-5-7-9(8)10-2;2*1-3-4-2/h1-7H;3-7H,1H2,2H3;3-4H,1-2H3;3-4H,1H2,2H3/b;;4-3-;. The van der Waals surface area contributed by atoms with Crippen LogP contribution in [0.5, 0.6) is 0 Å². The number of allylic oxidation sites excluding steroid dienone is 2. The number of nitrogens with one attached hydrogen (secondary N) is 1. The molecule has 0 spiro atoms. The highest BCUT2D eigenvalue weighted by molar-refractivity contribution is 7.98. The summed E-state index contributed by atoms with van der Waals surface area (Å²) in [6.45, 7) is 11.1. The Labute approximate surface area is 175 Å². The molecule has 2 nitrogen and oxygen atoms in total. The number of hydrogen-bond acceptors (Lipinski definition) is 3. The number of rotatable bonds is 3. The number of fused-ring (bicyclic) bond motifs is 1. The van der Waals surface area contributed by atoms with Crippen LogP contribution in [0.25, 0.3) is 17.0 Å². The van der Waals surface area contributed by atoms with Gasteiger partial charge in [-0.25, -0.2) is 0 Å². The van der Waals surface area contributed by atoms with Gasteiger partial charge in [0.25, 0.3) is 0 Å². The van der Waals surface area contributed by atoms with Crippen molar-refractivity contribution < 1.29 is 0 Å². The normalized spacial score (nSPS) is 9.00. The number of pyridine rings is 1. The van der Waals surface area contributed by atoms with Crippen molar-refractivity contribution in [3.8, 4) is 0 Å². The second kappa shape index (κ2) is 17.6. The number of benzene rings is 2. The summed E-state index contributed by atoms with van der Waals surface area (Å²) in [4.78, 5) is 5.47. The Kier molecular flexibility index (Phi) is 15.9. The molecule has 0 saturated heterocycles. The summed E-state index contributed by atoms with van der Waals surface area (Å²) in [5, 5.41) is 3.89. The molecule has 1 N–H and O–H groups in total. The third kappa shape index (κ3) is 11.0. The highest BCUT2D eigenvalue weighted by Crippen LogP contribution is 2.19. The SMILES string of the molecule is C/C=C\C.C=CNC.C=Cc1ccccc1SC.c1ccc2ncccc2c1. The van der Waals surface area contributed by atoms with Gasteiger partial charge in [0, 0.05) is 23.5 Å². The molecule has 3 rings (SSSR count). The molecule has 0 aliphatic rings. The van der Waals surface area contributed by atoms with Crippen LogP contribution in [-0.4, -0.2) is 18.3 Å². The minimum Gasteiger partial charge on any atom is -0.394 e. The van der Waals surface area contributed by atoms with Crippen LogP contribution in [0.2, 0.25) is 0 Å². The Morgan fingerprint density at radius 2 is 1.46 bits per heavy atom. The molecule has 0 aliphatic carbocycles. The largest absolute Gasteiger partial charge is 0.394 e. The lowest BCUT2D eigenvalue weighted by atomic mass is 10.2. The fourth-order valence-corrected chi connectivity index (χ4v) is 2.45. The van der Waals surface area contributed by atoms with Crippen LogP contribution in [0.4, 0.5) is 0 Å². The summed E-state index contributed by atoms with van der Waals surface area (Å²) in [5.74, 6) is 0. The van der Waals surface area contributed by atoms with Gasteiger partial charge in [-0.2, -0.15) is 0 Å². The highest BCUT2D eigenvalue weighted by atomic mass is 32.2. The van der Waals surface area contributed by atoms with Gasteiger partial charge in [0.15, 0.2) is 0 Å². The van der Waals surface area contributed by atoms with Crippen LogP contribution >= 0.6 is 11.8 Å². The van der Waals surface area contributed by atoms with Crippen LogP contribution in [-0.2, 0) is 0 Å². The van der Waals surface area contributed by atoms with Crippen molar-refractivity contribution in [2.75, 3.05) is 13.3 Å². The summed E-state index contributed by atoms with van der Waals surface area (Å²) in [7, 11) is 1.81. The molecule has 3 aromatic rings. The van der Waals surface area contributed by atoms with Crippen molar-refractivity contribution in [1.29, 1.82) is 0 Å². The molecule has 0 radical (unpaired) electrons. The first-order valence-electron chi connectivity index (χ1n) is 9.09. The van der Waals surface area contributed by atoms with Crippen LogP contribution in [0, 0.1) is 0 Å². The minimum absolute atomic E-state index is 1.06. The second-order valence-corrected chi connectivity index (χ2v) is 6.15. The van der Waals surface area contributed by atoms with Crippen molar-refractivity contribution in [1.82, 2.24) is 10.3 Å². The monoisotopic (exact) mass is 392 g/mol. The Morgan fingerprint density at radius 3 is 1.96 bits per heavy atom. The van der Waals surface area contributed by atoms with Crippen molar-refractivity contribution in [3.63, 3.8) is 0 Å². The predicted molar refractivity (Wildman–Crippen MR) is 130 cm³/mol. The Balaban J connectivity index is 0.000000382.